The minimum Gasteiger partial charge on any atom is -0.494 e. The SMILES string of the molecule is COc1c(Cl)cc(C2(CN)CCCC2)cc1S(C)(=O)=O. The molecular weight excluding hydrogens is 298 g/mol. The maximum absolute atomic E-state index is 12.0. The van der Waals surface area contributed by atoms with E-state index < -0.39 is 9.84 Å². The zero-order valence-electron chi connectivity index (χ0n) is 11.8. The smallest absolute Gasteiger partial charge is 0.179 e. The quantitative estimate of drug-likeness (QED) is 0.926. The molecule has 0 amide bonds. The summed E-state index contributed by atoms with van der Waals surface area (Å²) >= 11 is 6.21. The summed E-state index contributed by atoms with van der Waals surface area (Å²) in [6, 6.07) is 3.48. The number of halogens is 1. The largest absolute Gasteiger partial charge is 0.494 e. The molecule has 112 valence electrons. The molecule has 0 atom stereocenters. The van der Waals surface area contributed by atoms with Crippen LogP contribution in [0.15, 0.2) is 17.0 Å². The number of hydrogen-bond acceptors (Lipinski definition) is 4. The molecule has 1 aliphatic rings. The second-order valence-corrected chi connectivity index (χ2v) is 7.84. The Labute approximate surface area is 125 Å². The third-order valence-corrected chi connectivity index (χ3v) is 5.56. The molecule has 1 fully saturated rings. The Hall–Kier alpha value is -0.780. The third-order valence-electron chi connectivity index (χ3n) is 4.18. The van der Waals surface area contributed by atoms with E-state index in [1.165, 1.54) is 7.11 Å². The van der Waals surface area contributed by atoms with Gasteiger partial charge >= 0.3 is 0 Å². The van der Waals surface area contributed by atoms with Crippen LogP contribution in [-0.4, -0.2) is 28.3 Å². The van der Waals surface area contributed by atoms with Crippen LogP contribution in [0.5, 0.6) is 5.75 Å². The fourth-order valence-corrected chi connectivity index (χ4v) is 4.23. The predicted octanol–water partition coefficient (Wildman–Crippen LogP) is 2.52. The Morgan fingerprint density at radius 2 is 1.95 bits per heavy atom. The standard InChI is InChI=1S/C14H20ClNO3S/c1-19-13-11(15)7-10(8-12(13)20(2,17)18)14(9-16)5-3-4-6-14/h7-8H,3-6,9,16H2,1-2H3. The Bertz CT molecular complexity index is 607. The second kappa shape index (κ2) is 5.54. The number of sulfone groups is 1. The second-order valence-electron chi connectivity index (χ2n) is 5.45. The van der Waals surface area contributed by atoms with E-state index in [9.17, 15) is 8.42 Å². The maximum atomic E-state index is 12.0. The Morgan fingerprint density at radius 3 is 2.40 bits per heavy atom. The van der Waals surface area contributed by atoms with Gasteiger partial charge in [0.25, 0.3) is 0 Å². The Kier molecular flexibility index (Phi) is 4.33. The van der Waals surface area contributed by atoms with E-state index >= 15 is 0 Å². The lowest BCUT2D eigenvalue weighted by atomic mass is 9.79. The van der Waals surface area contributed by atoms with Gasteiger partial charge in [-0.05, 0) is 30.5 Å². The molecule has 0 radical (unpaired) electrons. The fourth-order valence-electron chi connectivity index (χ4n) is 3.01. The number of hydrogen-bond donors (Lipinski definition) is 1. The van der Waals surface area contributed by atoms with E-state index in [0.29, 0.717) is 11.6 Å². The van der Waals surface area contributed by atoms with E-state index in [-0.39, 0.29) is 16.1 Å². The molecule has 0 aromatic heterocycles. The van der Waals surface area contributed by atoms with Gasteiger partial charge in [-0.25, -0.2) is 8.42 Å². The number of benzene rings is 1. The molecule has 0 bridgehead atoms. The normalized spacial score (nSPS) is 18.2. The lowest BCUT2D eigenvalue weighted by Gasteiger charge is -2.29. The molecule has 0 saturated heterocycles. The number of methoxy groups -OCH3 is 1. The average Bonchev–Trinajstić information content (AvgIpc) is 2.86. The topological polar surface area (TPSA) is 69.4 Å². The van der Waals surface area contributed by atoms with Crippen molar-refractivity contribution < 1.29 is 13.2 Å². The number of ether oxygens (including phenoxy) is 1. The zero-order valence-corrected chi connectivity index (χ0v) is 13.4. The molecule has 20 heavy (non-hydrogen) atoms. The summed E-state index contributed by atoms with van der Waals surface area (Å²) in [6.45, 7) is 0.499. The van der Waals surface area contributed by atoms with E-state index in [4.69, 9.17) is 22.1 Å². The summed E-state index contributed by atoms with van der Waals surface area (Å²) in [4.78, 5) is 0.141. The minimum atomic E-state index is -3.41. The van der Waals surface area contributed by atoms with Crippen LogP contribution in [0.2, 0.25) is 5.02 Å². The predicted molar refractivity (Wildman–Crippen MR) is 80.3 cm³/mol. The molecule has 1 aliphatic carbocycles. The molecule has 0 aliphatic heterocycles. The summed E-state index contributed by atoms with van der Waals surface area (Å²) in [7, 11) is -1.98. The highest BCUT2D eigenvalue weighted by Crippen LogP contribution is 2.44. The van der Waals surface area contributed by atoms with E-state index in [2.05, 4.69) is 0 Å². The number of rotatable bonds is 4. The van der Waals surface area contributed by atoms with Gasteiger partial charge in [-0.15, -0.1) is 0 Å². The molecule has 0 spiro atoms. The van der Waals surface area contributed by atoms with Gasteiger partial charge in [0.2, 0.25) is 0 Å². The first-order valence-corrected chi connectivity index (χ1v) is 8.89. The lowest BCUT2D eigenvalue weighted by molar-refractivity contribution is 0.400. The monoisotopic (exact) mass is 317 g/mol. The van der Waals surface area contributed by atoms with Gasteiger partial charge in [-0.1, -0.05) is 24.4 Å². The molecule has 0 unspecified atom stereocenters. The van der Waals surface area contributed by atoms with Gasteiger partial charge in [-0.2, -0.15) is 0 Å². The number of nitrogens with two attached hydrogens (primary N) is 1. The van der Waals surface area contributed by atoms with Crippen molar-refractivity contribution in [3.63, 3.8) is 0 Å². The maximum Gasteiger partial charge on any atom is 0.179 e. The van der Waals surface area contributed by atoms with Crippen molar-refractivity contribution in [3.05, 3.63) is 22.7 Å². The summed E-state index contributed by atoms with van der Waals surface area (Å²) in [5.41, 5.74) is 6.71. The van der Waals surface area contributed by atoms with Crippen molar-refractivity contribution in [3.8, 4) is 5.75 Å². The summed E-state index contributed by atoms with van der Waals surface area (Å²) < 4.78 is 29.1. The summed E-state index contributed by atoms with van der Waals surface area (Å²) in [5, 5.41) is 0.324. The van der Waals surface area contributed by atoms with Crippen molar-refractivity contribution in [2.75, 3.05) is 19.9 Å². The molecule has 2 rings (SSSR count). The third kappa shape index (κ3) is 2.67. The molecule has 1 aromatic carbocycles. The van der Waals surface area contributed by atoms with Gasteiger partial charge in [0.05, 0.1) is 12.1 Å². The van der Waals surface area contributed by atoms with Crippen LogP contribution in [0.3, 0.4) is 0 Å². The molecule has 4 nitrogen and oxygen atoms in total. The molecule has 1 aromatic rings. The van der Waals surface area contributed by atoms with Crippen molar-refractivity contribution in [2.45, 2.75) is 36.0 Å². The zero-order chi connectivity index (χ0) is 15.0. The van der Waals surface area contributed by atoms with Crippen LogP contribution in [0.25, 0.3) is 0 Å². The van der Waals surface area contributed by atoms with Crippen LogP contribution in [0.4, 0.5) is 0 Å². The lowest BCUT2D eigenvalue weighted by Crippen LogP contribution is -2.32. The molecule has 1 saturated carbocycles. The van der Waals surface area contributed by atoms with Crippen molar-refractivity contribution in [2.24, 2.45) is 5.73 Å². The van der Waals surface area contributed by atoms with Crippen LogP contribution < -0.4 is 10.5 Å². The van der Waals surface area contributed by atoms with Crippen LogP contribution in [0, 0.1) is 0 Å². The van der Waals surface area contributed by atoms with E-state index in [0.717, 1.165) is 37.5 Å². The van der Waals surface area contributed by atoms with E-state index in [1.807, 2.05) is 0 Å². The first-order chi connectivity index (χ1) is 9.34. The van der Waals surface area contributed by atoms with Crippen LogP contribution in [0.1, 0.15) is 31.2 Å². The van der Waals surface area contributed by atoms with Crippen molar-refractivity contribution in [1.29, 1.82) is 0 Å². The van der Waals surface area contributed by atoms with Gasteiger partial charge in [0, 0.05) is 18.2 Å². The van der Waals surface area contributed by atoms with Crippen LogP contribution in [-0.2, 0) is 15.3 Å². The van der Waals surface area contributed by atoms with Gasteiger partial charge < -0.3 is 10.5 Å². The Balaban J connectivity index is 2.65. The highest BCUT2D eigenvalue weighted by atomic mass is 35.5. The highest BCUT2D eigenvalue weighted by molar-refractivity contribution is 7.90. The first-order valence-electron chi connectivity index (χ1n) is 6.62. The van der Waals surface area contributed by atoms with Gasteiger partial charge in [0.15, 0.2) is 15.6 Å². The summed E-state index contributed by atoms with van der Waals surface area (Å²) in [6.07, 6.45) is 5.31. The summed E-state index contributed by atoms with van der Waals surface area (Å²) in [5.74, 6) is 0.211. The van der Waals surface area contributed by atoms with Gasteiger partial charge in [-0.3, -0.25) is 0 Å². The molecular formula is C14H20ClNO3S. The molecule has 2 N–H and O–H groups in total. The van der Waals surface area contributed by atoms with Crippen LogP contribution >= 0.6 is 11.6 Å². The van der Waals surface area contributed by atoms with Gasteiger partial charge in [0.1, 0.15) is 4.90 Å². The fraction of sp³-hybridized carbons (Fsp3) is 0.571. The Morgan fingerprint density at radius 1 is 1.35 bits per heavy atom. The van der Waals surface area contributed by atoms with Crippen molar-refractivity contribution in [1.82, 2.24) is 0 Å². The molecule has 6 heteroatoms. The first kappa shape index (κ1) is 15.6. The average molecular weight is 318 g/mol. The van der Waals surface area contributed by atoms with E-state index in [1.54, 1.807) is 12.1 Å². The van der Waals surface area contributed by atoms with Crippen molar-refractivity contribution >= 4 is 21.4 Å². The molecule has 0 heterocycles. The minimum absolute atomic E-state index is 0.141. The highest BCUT2D eigenvalue weighted by Gasteiger charge is 2.36.